The van der Waals surface area contributed by atoms with Gasteiger partial charge in [0.1, 0.15) is 5.01 Å². The van der Waals surface area contributed by atoms with Crippen LogP contribution in [0.1, 0.15) is 33.4 Å². The Labute approximate surface area is 143 Å². The topological polar surface area (TPSA) is 54.9 Å². The molecule has 1 aliphatic carbocycles. The van der Waals surface area contributed by atoms with Crippen molar-refractivity contribution < 1.29 is 4.79 Å². The van der Waals surface area contributed by atoms with Crippen LogP contribution < -0.4 is 5.32 Å². The highest BCUT2D eigenvalue weighted by Crippen LogP contribution is 2.42. The zero-order valence-electron chi connectivity index (χ0n) is 11.9. The third-order valence-electron chi connectivity index (χ3n) is 3.86. The molecule has 0 radical (unpaired) electrons. The van der Waals surface area contributed by atoms with Gasteiger partial charge >= 0.3 is 0 Å². The molecule has 5 rings (SSSR count). The van der Waals surface area contributed by atoms with Crippen molar-refractivity contribution in [1.82, 2.24) is 10.2 Å². The zero-order valence-corrected chi connectivity index (χ0v) is 14.4. The largest absolute Gasteiger partial charge is 0.296 e. The van der Waals surface area contributed by atoms with Gasteiger partial charge in [-0.3, -0.25) is 10.1 Å². The maximum absolute atomic E-state index is 12.5. The number of aromatic nitrogens is 2. The number of thiophene rings is 2. The summed E-state index contributed by atoms with van der Waals surface area (Å²) in [5.41, 5.74) is 0. The second-order valence-electron chi connectivity index (χ2n) is 5.58. The van der Waals surface area contributed by atoms with Crippen molar-refractivity contribution in [2.75, 3.05) is 5.32 Å². The van der Waals surface area contributed by atoms with Crippen LogP contribution in [0.4, 0.5) is 5.13 Å². The Hall–Kier alpha value is -1.83. The van der Waals surface area contributed by atoms with Gasteiger partial charge in [0, 0.05) is 20.7 Å². The van der Waals surface area contributed by atoms with Gasteiger partial charge in [0.15, 0.2) is 0 Å². The van der Waals surface area contributed by atoms with Crippen molar-refractivity contribution >= 4 is 64.5 Å². The quantitative estimate of drug-likeness (QED) is 0.555. The molecule has 114 valence electrons. The molecule has 0 unspecified atom stereocenters. The van der Waals surface area contributed by atoms with Crippen molar-refractivity contribution in [3.63, 3.8) is 0 Å². The van der Waals surface area contributed by atoms with Crippen LogP contribution in [0.2, 0.25) is 0 Å². The summed E-state index contributed by atoms with van der Waals surface area (Å²) < 4.78 is 3.61. The number of anilines is 1. The molecule has 1 aromatic carbocycles. The Morgan fingerprint density at radius 3 is 2.83 bits per heavy atom. The van der Waals surface area contributed by atoms with E-state index in [0.717, 1.165) is 14.6 Å². The minimum absolute atomic E-state index is 0.0963. The van der Waals surface area contributed by atoms with Crippen LogP contribution in [0.15, 0.2) is 30.3 Å². The number of fused-ring (bicyclic) bond motifs is 3. The van der Waals surface area contributed by atoms with Crippen LogP contribution in [0.5, 0.6) is 0 Å². The summed E-state index contributed by atoms with van der Waals surface area (Å²) in [6.45, 7) is 0. The summed E-state index contributed by atoms with van der Waals surface area (Å²) in [6, 6.07) is 10.3. The molecule has 7 heteroatoms. The highest BCUT2D eigenvalue weighted by atomic mass is 32.1. The van der Waals surface area contributed by atoms with E-state index in [1.165, 1.54) is 39.0 Å². The van der Waals surface area contributed by atoms with Gasteiger partial charge in [-0.15, -0.1) is 32.9 Å². The monoisotopic (exact) mass is 357 g/mol. The van der Waals surface area contributed by atoms with Gasteiger partial charge in [0.05, 0.1) is 9.58 Å². The minimum Gasteiger partial charge on any atom is -0.296 e. The molecule has 1 N–H and O–H groups in total. The van der Waals surface area contributed by atoms with Gasteiger partial charge in [0.25, 0.3) is 5.91 Å². The molecule has 0 spiro atoms. The Morgan fingerprint density at radius 2 is 1.96 bits per heavy atom. The SMILES string of the molecule is O=C(Nc1nnc(C2CC2)s1)c1cc2sc3ccccc3c2s1. The standard InChI is InChI=1S/C16H11N3OS3/c20-14(17-16-19-18-15(23-16)8-5-6-8)12-7-11-13(22-12)9-3-1-2-4-10(9)21-11/h1-4,7-8H,5-6H2,(H,17,19,20). The van der Waals surface area contributed by atoms with Crippen molar-refractivity contribution in [2.45, 2.75) is 18.8 Å². The molecular weight excluding hydrogens is 346 g/mol. The summed E-state index contributed by atoms with van der Waals surface area (Å²) in [7, 11) is 0. The van der Waals surface area contributed by atoms with Crippen molar-refractivity contribution in [3.8, 4) is 0 Å². The van der Waals surface area contributed by atoms with Crippen LogP contribution in [-0.4, -0.2) is 16.1 Å². The molecule has 0 saturated heterocycles. The molecule has 0 aliphatic heterocycles. The van der Waals surface area contributed by atoms with Crippen LogP contribution in [0.3, 0.4) is 0 Å². The van der Waals surface area contributed by atoms with E-state index in [1.54, 1.807) is 22.7 Å². The third-order valence-corrected chi connectivity index (χ3v) is 7.28. The van der Waals surface area contributed by atoms with E-state index in [0.29, 0.717) is 11.0 Å². The van der Waals surface area contributed by atoms with E-state index < -0.39 is 0 Å². The Kier molecular flexibility index (Phi) is 3.01. The predicted molar refractivity (Wildman–Crippen MR) is 97.0 cm³/mol. The lowest BCUT2D eigenvalue weighted by molar-refractivity contribution is 0.103. The number of nitrogens with one attached hydrogen (secondary N) is 1. The van der Waals surface area contributed by atoms with Gasteiger partial charge in [-0.1, -0.05) is 29.5 Å². The zero-order chi connectivity index (χ0) is 15.4. The van der Waals surface area contributed by atoms with E-state index in [4.69, 9.17) is 0 Å². The minimum atomic E-state index is -0.0963. The first kappa shape index (κ1) is 13.6. The van der Waals surface area contributed by atoms with Gasteiger partial charge < -0.3 is 0 Å². The molecule has 3 heterocycles. The van der Waals surface area contributed by atoms with Crippen molar-refractivity contribution in [2.24, 2.45) is 0 Å². The van der Waals surface area contributed by atoms with Crippen LogP contribution >= 0.6 is 34.0 Å². The summed E-state index contributed by atoms with van der Waals surface area (Å²) >= 11 is 4.76. The first-order valence-corrected chi connectivity index (χ1v) is 9.79. The first-order valence-electron chi connectivity index (χ1n) is 7.34. The third kappa shape index (κ3) is 2.36. The second kappa shape index (κ2) is 5.09. The molecule has 4 nitrogen and oxygen atoms in total. The van der Waals surface area contributed by atoms with Crippen molar-refractivity contribution in [1.29, 1.82) is 0 Å². The van der Waals surface area contributed by atoms with E-state index in [-0.39, 0.29) is 5.91 Å². The number of amides is 1. The lowest BCUT2D eigenvalue weighted by Crippen LogP contribution is -2.09. The number of hydrogen-bond donors (Lipinski definition) is 1. The maximum atomic E-state index is 12.5. The van der Waals surface area contributed by atoms with Gasteiger partial charge in [-0.25, -0.2) is 0 Å². The molecule has 0 atom stereocenters. The van der Waals surface area contributed by atoms with Crippen molar-refractivity contribution in [3.05, 3.63) is 40.2 Å². The Bertz CT molecular complexity index is 1040. The molecule has 1 fully saturated rings. The average Bonchev–Trinajstić information content (AvgIpc) is 3.01. The van der Waals surface area contributed by atoms with Crippen LogP contribution in [0, 0.1) is 0 Å². The molecule has 1 amide bonds. The number of benzene rings is 1. The van der Waals surface area contributed by atoms with E-state index in [1.807, 2.05) is 18.2 Å². The number of carbonyl (C=O) groups excluding carboxylic acids is 1. The highest BCUT2D eigenvalue weighted by molar-refractivity contribution is 7.33. The van der Waals surface area contributed by atoms with E-state index >= 15 is 0 Å². The fourth-order valence-electron chi connectivity index (χ4n) is 2.55. The highest BCUT2D eigenvalue weighted by Gasteiger charge is 2.28. The van der Waals surface area contributed by atoms with Crippen LogP contribution in [0.25, 0.3) is 19.5 Å². The molecule has 23 heavy (non-hydrogen) atoms. The first-order chi connectivity index (χ1) is 11.3. The summed E-state index contributed by atoms with van der Waals surface area (Å²) in [6.07, 6.45) is 2.38. The van der Waals surface area contributed by atoms with Gasteiger partial charge in [-0.2, -0.15) is 0 Å². The van der Waals surface area contributed by atoms with E-state index in [2.05, 4.69) is 27.6 Å². The molecule has 1 saturated carbocycles. The number of rotatable bonds is 3. The normalized spacial score (nSPS) is 14.6. The van der Waals surface area contributed by atoms with E-state index in [9.17, 15) is 4.79 Å². The number of carbonyl (C=O) groups is 1. The van der Waals surface area contributed by atoms with Crippen LogP contribution in [-0.2, 0) is 0 Å². The Morgan fingerprint density at radius 1 is 1.09 bits per heavy atom. The fourth-order valence-corrected chi connectivity index (χ4v) is 5.88. The maximum Gasteiger partial charge on any atom is 0.267 e. The second-order valence-corrected chi connectivity index (χ2v) is 8.72. The predicted octanol–water partition coefficient (Wildman–Crippen LogP) is 5.10. The number of hydrogen-bond acceptors (Lipinski definition) is 6. The summed E-state index contributed by atoms with van der Waals surface area (Å²) in [5.74, 6) is 0.470. The molecule has 1 aliphatic rings. The fraction of sp³-hybridized carbons (Fsp3) is 0.188. The lowest BCUT2D eigenvalue weighted by atomic mass is 10.2. The smallest absolute Gasteiger partial charge is 0.267 e. The number of nitrogens with zero attached hydrogens (tertiary/aromatic N) is 2. The Balaban J connectivity index is 1.45. The summed E-state index contributed by atoms with van der Waals surface area (Å²) in [4.78, 5) is 13.2. The molecular formula is C16H11N3OS3. The molecule has 0 bridgehead atoms. The summed E-state index contributed by atoms with van der Waals surface area (Å²) in [5, 5.41) is 14.0. The molecule has 3 aromatic heterocycles. The van der Waals surface area contributed by atoms with Gasteiger partial charge in [0.2, 0.25) is 5.13 Å². The van der Waals surface area contributed by atoms with Gasteiger partial charge in [-0.05, 0) is 25.0 Å². The molecule has 4 aromatic rings. The lowest BCUT2D eigenvalue weighted by Gasteiger charge is -1.96. The average molecular weight is 357 g/mol.